The summed E-state index contributed by atoms with van der Waals surface area (Å²) in [5, 5.41) is 10.6. The molecule has 0 fully saturated rings. The molecule has 4 rings (SSSR count). The van der Waals surface area contributed by atoms with Gasteiger partial charge in [0, 0.05) is 24.2 Å². The lowest BCUT2D eigenvalue weighted by Crippen LogP contribution is -2.24. The van der Waals surface area contributed by atoms with Crippen molar-refractivity contribution in [2.24, 2.45) is 0 Å². The number of benzene rings is 1. The number of aryl methyl sites for hydroxylation is 1. The van der Waals surface area contributed by atoms with Crippen molar-refractivity contribution in [2.75, 3.05) is 7.11 Å². The zero-order chi connectivity index (χ0) is 26.0. The summed E-state index contributed by atoms with van der Waals surface area (Å²) in [6, 6.07) is 12.8. The maximum Gasteiger partial charge on any atom is 0.261 e. The Morgan fingerprint density at radius 3 is 2.58 bits per heavy atom. The molecule has 9 heteroatoms. The largest absolute Gasteiger partial charge is 0.497 e. The number of aliphatic hydroxyl groups is 1. The van der Waals surface area contributed by atoms with E-state index >= 15 is 0 Å². The number of hydrogen-bond acceptors (Lipinski definition) is 7. The van der Waals surface area contributed by atoms with Crippen molar-refractivity contribution in [3.63, 3.8) is 0 Å². The Kier molecular flexibility index (Phi) is 7.10. The van der Waals surface area contributed by atoms with Crippen LogP contribution < -0.4 is 15.0 Å². The summed E-state index contributed by atoms with van der Waals surface area (Å²) in [5.74, 6) is 1.49. The van der Waals surface area contributed by atoms with Crippen molar-refractivity contribution in [1.29, 1.82) is 0 Å². The maximum atomic E-state index is 13.4. The molecule has 0 bridgehead atoms. The summed E-state index contributed by atoms with van der Waals surface area (Å²) < 4.78 is 12.8. The van der Waals surface area contributed by atoms with Gasteiger partial charge in [-0.1, -0.05) is 23.7 Å². The lowest BCUT2D eigenvalue weighted by molar-refractivity contribution is 0.0688. The van der Waals surface area contributed by atoms with Crippen LogP contribution in [0.4, 0.5) is 0 Å². The van der Waals surface area contributed by atoms with Crippen LogP contribution in [0.15, 0.2) is 59.7 Å². The number of halogens is 1. The SMILES string of the molecule is COc1cccc(COc2cc(C)n(-c3cc(-c4ccnc(C(C)(C)O)n4)ncc3Cl)c(=O)c2C)c1. The third-order valence-corrected chi connectivity index (χ3v) is 5.95. The number of methoxy groups -OCH3 is 1. The van der Waals surface area contributed by atoms with E-state index in [9.17, 15) is 9.90 Å². The van der Waals surface area contributed by atoms with E-state index in [-0.39, 0.29) is 11.4 Å². The molecule has 3 heterocycles. The fraction of sp³-hybridized carbons (Fsp3) is 0.259. The normalized spacial score (nSPS) is 11.4. The number of rotatable bonds is 7. The number of nitrogens with zero attached hydrogens (tertiary/aromatic N) is 4. The van der Waals surface area contributed by atoms with Crippen LogP contribution in [0, 0.1) is 13.8 Å². The minimum atomic E-state index is -1.21. The Balaban J connectivity index is 1.71. The Bertz CT molecular complexity index is 1480. The summed E-state index contributed by atoms with van der Waals surface area (Å²) in [6.45, 7) is 7.03. The highest BCUT2D eigenvalue weighted by Gasteiger charge is 2.21. The van der Waals surface area contributed by atoms with E-state index in [2.05, 4.69) is 15.0 Å². The van der Waals surface area contributed by atoms with Crippen molar-refractivity contribution in [3.8, 4) is 28.6 Å². The van der Waals surface area contributed by atoms with Crippen LogP contribution in [0.1, 0.15) is 36.5 Å². The molecular weight excluding hydrogens is 480 g/mol. The monoisotopic (exact) mass is 506 g/mol. The molecule has 0 amide bonds. The fourth-order valence-corrected chi connectivity index (χ4v) is 3.89. The van der Waals surface area contributed by atoms with E-state index in [1.54, 1.807) is 46.2 Å². The quantitative estimate of drug-likeness (QED) is 0.385. The molecule has 1 N–H and O–H groups in total. The molecule has 0 saturated carbocycles. The first-order chi connectivity index (χ1) is 17.1. The van der Waals surface area contributed by atoms with E-state index in [0.717, 1.165) is 11.3 Å². The van der Waals surface area contributed by atoms with Gasteiger partial charge in [0.15, 0.2) is 5.82 Å². The zero-order valence-corrected chi connectivity index (χ0v) is 21.5. The van der Waals surface area contributed by atoms with E-state index in [0.29, 0.717) is 45.7 Å². The smallest absolute Gasteiger partial charge is 0.261 e. The second-order valence-corrected chi connectivity index (χ2v) is 9.31. The lowest BCUT2D eigenvalue weighted by Gasteiger charge is -2.18. The van der Waals surface area contributed by atoms with Crippen molar-refractivity contribution in [2.45, 2.75) is 39.9 Å². The van der Waals surface area contributed by atoms with Crippen LogP contribution >= 0.6 is 11.6 Å². The highest BCUT2D eigenvalue weighted by molar-refractivity contribution is 6.32. The van der Waals surface area contributed by atoms with Gasteiger partial charge in [0.25, 0.3) is 5.56 Å². The van der Waals surface area contributed by atoms with Gasteiger partial charge in [-0.05, 0) is 57.5 Å². The number of pyridine rings is 2. The van der Waals surface area contributed by atoms with Crippen LogP contribution in [0.3, 0.4) is 0 Å². The molecule has 1 aromatic carbocycles. The molecule has 0 aliphatic rings. The van der Waals surface area contributed by atoms with Crippen LogP contribution in [0.5, 0.6) is 11.5 Å². The minimum Gasteiger partial charge on any atom is -0.497 e. The second kappa shape index (κ2) is 10.1. The van der Waals surface area contributed by atoms with Gasteiger partial charge in [0.05, 0.1) is 34.8 Å². The maximum absolute atomic E-state index is 13.4. The summed E-state index contributed by atoms with van der Waals surface area (Å²) in [7, 11) is 1.61. The molecule has 0 saturated heterocycles. The predicted molar refractivity (Wildman–Crippen MR) is 138 cm³/mol. The van der Waals surface area contributed by atoms with Gasteiger partial charge >= 0.3 is 0 Å². The van der Waals surface area contributed by atoms with E-state index in [4.69, 9.17) is 21.1 Å². The van der Waals surface area contributed by atoms with Crippen LogP contribution in [-0.2, 0) is 12.2 Å². The van der Waals surface area contributed by atoms with Crippen molar-refractivity contribution in [1.82, 2.24) is 19.5 Å². The summed E-state index contributed by atoms with van der Waals surface area (Å²) >= 11 is 6.49. The van der Waals surface area contributed by atoms with Crippen molar-refractivity contribution < 1.29 is 14.6 Å². The fourth-order valence-electron chi connectivity index (χ4n) is 3.70. The molecule has 186 valence electrons. The van der Waals surface area contributed by atoms with Gasteiger partial charge in [-0.25, -0.2) is 9.97 Å². The molecule has 3 aromatic heterocycles. The molecular formula is C27H27ClN4O4. The second-order valence-electron chi connectivity index (χ2n) is 8.90. The van der Waals surface area contributed by atoms with Gasteiger partial charge in [-0.15, -0.1) is 0 Å². The van der Waals surface area contributed by atoms with E-state index < -0.39 is 5.60 Å². The minimum absolute atomic E-state index is 0.255. The molecule has 0 radical (unpaired) electrons. The first kappa shape index (κ1) is 25.3. The van der Waals surface area contributed by atoms with E-state index in [1.165, 1.54) is 10.8 Å². The average molecular weight is 507 g/mol. The van der Waals surface area contributed by atoms with Gasteiger partial charge < -0.3 is 14.6 Å². The molecule has 0 spiro atoms. The molecule has 36 heavy (non-hydrogen) atoms. The van der Waals surface area contributed by atoms with Crippen LogP contribution in [0.25, 0.3) is 17.1 Å². The molecule has 0 aliphatic carbocycles. The Morgan fingerprint density at radius 2 is 1.86 bits per heavy atom. The third-order valence-electron chi connectivity index (χ3n) is 5.66. The number of ether oxygens (including phenoxy) is 2. The molecule has 0 atom stereocenters. The number of aromatic nitrogens is 4. The van der Waals surface area contributed by atoms with E-state index in [1.807, 2.05) is 37.3 Å². The van der Waals surface area contributed by atoms with Crippen LogP contribution in [-0.4, -0.2) is 31.7 Å². The molecule has 8 nitrogen and oxygen atoms in total. The van der Waals surface area contributed by atoms with Gasteiger partial charge in [-0.2, -0.15) is 0 Å². The first-order valence-corrected chi connectivity index (χ1v) is 11.7. The zero-order valence-electron chi connectivity index (χ0n) is 20.7. The highest BCUT2D eigenvalue weighted by Crippen LogP contribution is 2.28. The Morgan fingerprint density at radius 1 is 1.08 bits per heavy atom. The Labute approximate surface area is 214 Å². The molecule has 0 aliphatic heterocycles. The van der Waals surface area contributed by atoms with Crippen molar-refractivity contribution >= 4 is 11.6 Å². The Hall–Kier alpha value is -3.75. The van der Waals surface area contributed by atoms with Crippen molar-refractivity contribution in [3.05, 3.63) is 92.9 Å². The third kappa shape index (κ3) is 5.24. The predicted octanol–water partition coefficient (Wildman–Crippen LogP) is 4.77. The standard InChI is InChI=1S/C27H27ClN4O4/c1-16-11-24(36-15-18-7-6-8-19(12-18)35-5)17(2)25(33)32(16)23-13-22(30-14-20(23)28)21-9-10-29-26(31-21)27(3,4)34/h6-14,34H,15H2,1-5H3. The van der Waals surface area contributed by atoms with Gasteiger partial charge in [0.1, 0.15) is 23.7 Å². The topological polar surface area (TPSA) is 99.4 Å². The summed E-state index contributed by atoms with van der Waals surface area (Å²) in [6.07, 6.45) is 3.04. The average Bonchev–Trinajstić information content (AvgIpc) is 2.86. The molecule has 0 unspecified atom stereocenters. The van der Waals surface area contributed by atoms with Gasteiger partial charge in [0.2, 0.25) is 0 Å². The van der Waals surface area contributed by atoms with Crippen LogP contribution in [0.2, 0.25) is 5.02 Å². The highest BCUT2D eigenvalue weighted by atomic mass is 35.5. The molecule has 4 aromatic rings. The number of hydrogen-bond donors (Lipinski definition) is 1. The summed E-state index contributed by atoms with van der Waals surface area (Å²) in [5.41, 5.74) is 2.01. The van der Waals surface area contributed by atoms with Gasteiger partial charge in [-0.3, -0.25) is 14.3 Å². The summed E-state index contributed by atoms with van der Waals surface area (Å²) in [4.78, 5) is 26.4. The lowest BCUT2D eigenvalue weighted by atomic mass is 10.1. The first-order valence-electron chi connectivity index (χ1n) is 11.3.